The average molecular weight is 453 g/mol. The Balaban J connectivity index is 1.54. The Morgan fingerprint density at radius 3 is 2.48 bits per heavy atom. The number of imidazole rings is 1. The summed E-state index contributed by atoms with van der Waals surface area (Å²) in [4.78, 5) is 37.8. The third-order valence-corrected chi connectivity index (χ3v) is 7.48. The highest BCUT2D eigenvalue weighted by atomic mass is 16.5. The van der Waals surface area contributed by atoms with Crippen LogP contribution < -0.4 is 15.0 Å². The minimum Gasteiger partial charge on any atom is -0.497 e. The summed E-state index contributed by atoms with van der Waals surface area (Å²) >= 11 is 0. The van der Waals surface area contributed by atoms with Crippen LogP contribution in [0.2, 0.25) is 0 Å². The summed E-state index contributed by atoms with van der Waals surface area (Å²) in [6, 6.07) is 7.33. The van der Waals surface area contributed by atoms with Gasteiger partial charge in [-0.15, -0.1) is 0 Å². The number of carbonyl (C=O) groups is 1. The predicted octanol–water partition coefficient (Wildman–Crippen LogP) is 4.01. The monoisotopic (exact) mass is 452 g/mol. The van der Waals surface area contributed by atoms with Crippen molar-refractivity contribution >= 4 is 17.1 Å². The van der Waals surface area contributed by atoms with Crippen LogP contribution in [0.15, 0.2) is 29.1 Å². The van der Waals surface area contributed by atoms with E-state index in [1.807, 2.05) is 19.1 Å². The number of carboxylic acids is 1. The van der Waals surface area contributed by atoms with Gasteiger partial charge in [-0.1, -0.05) is 13.0 Å². The van der Waals surface area contributed by atoms with Gasteiger partial charge < -0.3 is 19.6 Å². The molecule has 9 heteroatoms. The molecule has 3 aromatic rings. The molecule has 1 aromatic carbocycles. The molecule has 0 unspecified atom stereocenters. The van der Waals surface area contributed by atoms with Crippen molar-refractivity contribution in [2.24, 2.45) is 5.41 Å². The number of rotatable bonds is 7. The van der Waals surface area contributed by atoms with Crippen LogP contribution in [-0.4, -0.2) is 37.7 Å². The fourth-order valence-corrected chi connectivity index (χ4v) is 5.35. The van der Waals surface area contributed by atoms with Crippen molar-refractivity contribution in [2.75, 3.05) is 7.11 Å². The summed E-state index contributed by atoms with van der Waals surface area (Å²) in [5.74, 6) is 1.21. The van der Waals surface area contributed by atoms with E-state index in [9.17, 15) is 14.7 Å². The third kappa shape index (κ3) is 3.46. The number of benzene rings is 1. The van der Waals surface area contributed by atoms with Crippen molar-refractivity contribution in [2.45, 2.75) is 63.8 Å². The maximum Gasteiger partial charge on any atom is 0.309 e. The normalized spacial score (nSPS) is 24.2. The summed E-state index contributed by atoms with van der Waals surface area (Å²) < 4.78 is 12.8. The van der Waals surface area contributed by atoms with Gasteiger partial charge in [0.2, 0.25) is 0 Å². The van der Waals surface area contributed by atoms with E-state index in [-0.39, 0.29) is 17.0 Å². The van der Waals surface area contributed by atoms with E-state index in [4.69, 9.17) is 14.5 Å². The molecule has 3 aliphatic rings. The number of hydrogen-bond donors (Lipinski definition) is 2. The molecule has 9 nitrogen and oxygen atoms in total. The second-order valence-corrected chi connectivity index (χ2v) is 9.28. The lowest BCUT2D eigenvalue weighted by Crippen LogP contribution is -2.48. The van der Waals surface area contributed by atoms with Crippen LogP contribution in [0, 0.1) is 5.41 Å². The number of nitrogens with zero attached hydrogens (tertiary/aromatic N) is 3. The lowest BCUT2D eigenvalue weighted by Gasteiger charge is -2.50. The lowest BCUT2D eigenvalue weighted by molar-refractivity contribution is -0.156. The van der Waals surface area contributed by atoms with Crippen LogP contribution in [-0.2, 0) is 16.8 Å². The number of nitrogens with one attached hydrogen (secondary N) is 1. The first-order valence-electron chi connectivity index (χ1n) is 11.5. The predicted molar refractivity (Wildman–Crippen MR) is 121 cm³/mol. The minimum atomic E-state index is -0.691. The smallest absolute Gasteiger partial charge is 0.309 e. The summed E-state index contributed by atoms with van der Waals surface area (Å²) in [6.45, 7) is 2.45. The number of hydrogen-bond acceptors (Lipinski definition) is 6. The van der Waals surface area contributed by atoms with Crippen molar-refractivity contribution in [1.82, 2.24) is 19.5 Å². The topological polar surface area (TPSA) is 119 Å². The Hall–Kier alpha value is -3.36. The molecule has 0 atom stereocenters. The van der Waals surface area contributed by atoms with Gasteiger partial charge in [-0.25, -0.2) is 4.98 Å². The molecule has 3 fully saturated rings. The Bertz CT molecular complexity index is 1250. The number of aromatic nitrogens is 4. The first kappa shape index (κ1) is 21.5. The third-order valence-electron chi connectivity index (χ3n) is 7.48. The quantitative estimate of drug-likeness (QED) is 0.556. The van der Waals surface area contributed by atoms with Gasteiger partial charge in [0.15, 0.2) is 11.2 Å². The molecule has 174 valence electrons. The van der Waals surface area contributed by atoms with E-state index in [2.05, 4.69) is 9.97 Å². The summed E-state index contributed by atoms with van der Waals surface area (Å²) in [7, 11) is 1.58. The maximum atomic E-state index is 13.4. The van der Waals surface area contributed by atoms with Gasteiger partial charge in [0.1, 0.15) is 17.3 Å². The second-order valence-electron chi connectivity index (χ2n) is 9.28. The van der Waals surface area contributed by atoms with Crippen LogP contribution >= 0.6 is 0 Å². The van der Waals surface area contributed by atoms with Gasteiger partial charge in [0.05, 0.1) is 12.5 Å². The average Bonchev–Trinajstić information content (AvgIpc) is 3.28. The van der Waals surface area contributed by atoms with Crippen molar-refractivity contribution in [3.8, 4) is 17.5 Å². The molecule has 0 aliphatic heterocycles. The number of carboxylic acid groups (broad SMARTS) is 1. The molecule has 0 amide bonds. The lowest BCUT2D eigenvalue weighted by atomic mass is 9.53. The highest BCUT2D eigenvalue weighted by Crippen LogP contribution is 2.57. The van der Waals surface area contributed by atoms with Gasteiger partial charge in [-0.2, -0.15) is 4.98 Å². The number of methoxy groups -OCH3 is 1. The summed E-state index contributed by atoms with van der Waals surface area (Å²) in [6.07, 6.45) is 4.88. The highest BCUT2D eigenvalue weighted by Gasteiger charge is 2.54. The molecule has 2 heterocycles. The van der Waals surface area contributed by atoms with Crippen molar-refractivity contribution < 1.29 is 19.4 Å². The molecule has 33 heavy (non-hydrogen) atoms. The molecule has 6 rings (SSSR count). The molecule has 2 aromatic heterocycles. The van der Waals surface area contributed by atoms with E-state index in [1.54, 1.807) is 19.2 Å². The van der Waals surface area contributed by atoms with Gasteiger partial charge in [-0.05, 0) is 57.1 Å². The van der Waals surface area contributed by atoms with E-state index in [0.717, 1.165) is 31.5 Å². The SMILES string of the molecule is CCCn1c(Oc2cccc(OC)c2)nc2nc(C34CCC(C(=O)O)(CC3)CC4)[nH]c2c1=O. The minimum absolute atomic E-state index is 0.190. The molecule has 3 aliphatic carbocycles. The Morgan fingerprint density at radius 2 is 1.85 bits per heavy atom. The van der Waals surface area contributed by atoms with E-state index >= 15 is 0 Å². The first-order chi connectivity index (χ1) is 15.9. The largest absolute Gasteiger partial charge is 0.497 e. The van der Waals surface area contributed by atoms with Crippen LogP contribution in [0.1, 0.15) is 57.7 Å². The van der Waals surface area contributed by atoms with Gasteiger partial charge in [0, 0.05) is 18.0 Å². The molecular weight excluding hydrogens is 424 g/mol. The first-order valence-corrected chi connectivity index (χ1v) is 11.5. The van der Waals surface area contributed by atoms with Crippen LogP contribution in [0.5, 0.6) is 17.5 Å². The van der Waals surface area contributed by atoms with Crippen molar-refractivity contribution in [3.05, 3.63) is 40.4 Å². The van der Waals surface area contributed by atoms with Crippen molar-refractivity contribution in [1.29, 1.82) is 0 Å². The molecule has 2 N–H and O–H groups in total. The Labute approximate surface area is 190 Å². The van der Waals surface area contributed by atoms with E-state index in [1.165, 1.54) is 4.57 Å². The van der Waals surface area contributed by atoms with Gasteiger partial charge >= 0.3 is 12.0 Å². The van der Waals surface area contributed by atoms with Gasteiger partial charge in [0.25, 0.3) is 5.56 Å². The van der Waals surface area contributed by atoms with Crippen LogP contribution in [0.25, 0.3) is 11.2 Å². The maximum absolute atomic E-state index is 13.4. The molecule has 3 saturated carbocycles. The number of H-pyrrole nitrogens is 1. The number of aromatic amines is 1. The zero-order valence-corrected chi connectivity index (χ0v) is 18.9. The molecule has 0 spiro atoms. The van der Waals surface area contributed by atoms with E-state index in [0.29, 0.717) is 48.5 Å². The second kappa shape index (κ2) is 7.90. The number of aliphatic carboxylic acids is 1. The molecule has 2 bridgehead atoms. The Morgan fingerprint density at radius 1 is 1.15 bits per heavy atom. The summed E-state index contributed by atoms with van der Waals surface area (Å²) in [5.41, 5.74) is -0.353. The fourth-order valence-electron chi connectivity index (χ4n) is 5.35. The molecular formula is C24H28N4O5. The van der Waals surface area contributed by atoms with Crippen LogP contribution in [0.4, 0.5) is 0 Å². The van der Waals surface area contributed by atoms with Crippen molar-refractivity contribution in [3.63, 3.8) is 0 Å². The zero-order chi connectivity index (χ0) is 23.2. The molecule has 0 saturated heterocycles. The number of ether oxygens (including phenoxy) is 2. The standard InChI is InChI=1S/C24H28N4O5/c1-3-13-28-19(29)17-18(27-22(28)33-16-6-4-5-15(14-16)32-2)26-20(25-17)23-7-10-24(11-8-23,12-9-23)21(30)31/h4-6,14H,3,7-13H2,1-2H3,(H,25,26)(H,30,31). The van der Waals surface area contributed by atoms with E-state index < -0.39 is 11.4 Å². The summed E-state index contributed by atoms with van der Waals surface area (Å²) in [5, 5.41) is 9.68. The van der Waals surface area contributed by atoms with Gasteiger partial charge in [-0.3, -0.25) is 14.2 Å². The Kier molecular flexibility index (Phi) is 5.14. The number of fused-ring (bicyclic) bond motifs is 4. The highest BCUT2D eigenvalue weighted by molar-refractivity contribution is 5.75. The zero-order valence-electron chi connectivity index (χ0n) is 18.9. The fraction of sp³-hybridized carbons (Fsp3) is 0.500. The molecule has 0 radical (unpaired) electrons. The van der Waals surface area contributed by atoms with Crippen LogP contribution in [0.3, 0.4) is 0 Å².